The largest absolute Gasteiger partial charge is 0.573 e. The van der Waals surface area contributed by atoms with Crippen LogP contribution in [-0.2, 0) is 6.42 Å². The Hall–Kier alpha value is -2.47. The van der Waals surface area contributed by atoms with Gasteiger partial charge in [-0.1, -0.05) is 62.8 Å². The SMILES string of the molecule is C.CC(C)(C)N1CCCCCC1/C=C/c1ccccc1.CC(C)(C)N1CCCc2cc(OC(F)(F)F)ccc21. The molecule has 2 heterocycles. The summed E-state index contributed by atoms with van der Waals surface area (Å²) in [5.74, 6) is -0.137. The van der Waals surface area contributed by atoms with Crippen molar-refractivity contribution in [2.45, 2.75) is 111 Å². The fraction of sp³-hybridized carbons (Fsp3) is 0.576. The first-order valence-corrected chi connectivity index (χ1v) is 13.9. The summed E-state index contributed by atoms with van der Waals surface area (Å²) < 4.78 is 40.6. The summed E-state index contributed by atoms with van der Waals surface area (Å²) in [4.78, 5) is 4.89. The van der Waals surface area contributed by atoms with Crippen LogP contribution in [0.5, 0.6) is 5.75 Å². The molecule has 0 N–H and O–H groups in total. The predicted molar refractivity (Wildman–Crippen MR) is 159 cm³/mol. The third-order valence-corrected chi connectivity index (χ3v) is 7.18. The summed E-state index contributed by atoms with van der Waals surface area (Å²) in [5.41, 5.74) is 3.45. The number of benzene rings is 2. The first kappa shape index (κ1) is 32.7. The molecule has 1 atom stereocenters. The second-order valence-electron chi connectivity index (χ2n) is 12.3. The van der Waals surface area contributed by atoms with E-state index in [1.165, 1.54) is 49.9 Å². The summed E-state index contributed by atoms with van der Waals surface area (Å²) in [5, 5.41) is 0. The zero-order valence-electron chi connectivity index (χ0n) is 23.9. The van der Waals surface area contributed by atoms with Gasteiger partial charge in [0.15, 0.2) is 0 Å². The van der Waals surface area contributed by atoms with Gasteiger partial charge in [0.25, 0.3) is 0 Å². The Balaban J connectivity index is 0.000000267. The van der Waals surface area contributed by atoms with Crippen molar-refractivity contribution in [3.8, 4) is 5.75 Å². The molecule has 6 heteroatoms. The molecule has 0 aliphatic carbocycles. The Morgan fingerprint density at radius 1 is 0.821 bits per heavy atom. The Kier molecular flexibility index (Phi) is 11.5. The number of halogens is 3. The van der Waals surface area contributed by atoms with Crippen molar-refractivity contribution in [2.75, 3.05) is 18.0 Å². The molecule has 4 rings (SSSR count). The van der Waals surface area contributed by atoms with E-state index in [2.05, 4.69) is 98.6 Å². The minimum Gasteiger partial charge on any atom is -0.406 e. The number of nitrogens with zero attached hydrogens (tertiary/aromatic N) is 2. The number of aryl methyl sites for hydroxylation is 1. The summed E-state index contributed by atoms with van der Waals surface area (Å²) in [6.45, 7) is 15.5. The minimum atomic E-state index is -4.63. The average molecular weight is 547 g/mol. The quantitative estimate of drug-likeness (QED) is 0.381. The Bertz CT molecular complexity index is 1040. The third kappa shape index (κ3) is 10.2. The molecule has 39 heavy (non-hydrogen) atoms. The summed E-state index contributed by atoms with van der Waals surface area (Å²) in [7, 11) is 0. The van der Waals surface area contributed by atoms with E-state index in [4.69, 9.17) is 0 Å². The van der Waals surface area contributed by atoms with Gasteiger partial charge in [-0.2, -0.15) is 0 Å². The number of fused-ring (bicyclic) bond motifs is 1. The van der Waals surface area contributed by atoms with Gasteiger partial charge < -0.3 is 9.64 Å². The van der Waals surface area contributed by atoms with E-state index >= 15 is 0 Å². The molecule has 0 amide bonds. The van der Waals surface area contributed by atoms with Gasteiger partial charge in [0, 0.05) is 29.4 Å². The highest BCUT2D eigenvalue weighted by Gasteiger charge is 2.32. The Morgan fingerprint density at radius 3 is 2.13 bits per heavy atom. The van der Waals surface area contributed by atoms with E-state index in [1.54, 1.807) is 6.07 Å². The Morgan fingerprint density at radius 2 is 1.51 bits per heavy atom. The number of alkyl halides is 3. The van der Waals surface area contributed by atoms with Gasteiger partial charge in [-0.05, 0) is 103 Å². The number of rotatable bonds is 3. The molecule has 2 aromatic carbocycles. The van der Waals surface area contributed by atoms with Gasteiger partial charge >= 0.3 is 6.36 Å². The first-order chi connectivity index (χ1) is 17.7. The molecule has 0 saturated carbocycles. The molecule has 0 spiro atoms. The number of likely N-dealkylation sites (tertiary alicyclic amines) is 1. The maximum atomic E-state index is 12.2. The molecule has 0 aromatic heterocycles. The zero-order valence-corrected chi connectivity index (χ0v) is 23.9. The van der Waals surface area contributed by atoms with Gasteiger partial charge in [0.2, 0.25) is 0 Å². The van der Waals surface area contributed by atoms with Crippen LogP contribution in [0.1, 0.15) is 92.2 Å². The van der Waals surface area contributed by atoms with Crippen molar-refractivity contribution in [3.63, 3.8) is 0 Å². The van der Waals surface area contributed by atoms with Crippen LogP contribution in [0.3, 0.4) is 0 Å². The van der Waals surface area contributed by atoms with Gasteiger partial charge in [-0.25, -0.2) is 0 Å². The van der Waals surface area contributed by atoms with Crippen molar-refractivity contribution >= 4 is 11.8 Å². The smallest absolute Gasteiger partial charge is 0.406 e. The van der Waals surface area contributed by atoms with Crippen molar-refractivity contribution < 1.29 is 17.9 Å². The lowest BCUT2D eigenvalue weighted by atomic mass is 9.95. The molecule has 0 bridgehead atoms. The van der Waals surface area contributed by atoms with E-state index in [0.29, 0.717) is 6.04 Å². The second kappa shape index (κ2) is 13.7. The van der Waals surface area contributed by atoms with Crippen molar-refractivity contribution in [2.24, 2.45) is 0 Å². The molecule has 1 saturated heterocycles. The van der Waals surface area contributed by atoms with Gasteiger partial charge in [-0.3, -0.25) is 4.90 Å². The fourth-order valence-electron chi connectivity index (χ4n) is 5.42. The fourth-order valence-corrected chi connectivity index (χ4v) is 5.42. The normalized spacial score (nSPS) is 18.9. The molecular weight excluding hydrogens is 497 g/mol. The summed E-state index contributed by atoms with van der Waals surface area (Å²) >= 11 is 0. The lowest BCUT2D eigenvalue weighted by Gasteiger charge is -2.41. The van der Waals surface area contributed by atoms with E-state index in [0.717, 1.165) is 30.6 Å². The molecule has 218 valence electrons. The van der Waals surface area contributed by atoms with Crippen LogP contribution < -0.4 is 9.64 Å². The van der Waals surface area contributed by atoms with E-state index in [1.807, 2.05) is 0 Å². The van der Waals surface area contributed by atoms with Crippen LogP contribution in [0, 0.1) is 0 Å². The first-order valence-electron chi connectivity index (χ1n) is 13.9. The van der Waals surface area contributed by atoms with Gasteiger partial charge in [0.05, 0.1) is 0 Å². The van der Waals surface area contributed by atoms with Gasteiger partial charge in [0.1, 0.15) is 5.75 Å². The highest BCUT2D eigenvalue weighted by atomic mass is 19.4. The van der Waals surface area contributed by atoms with Crippen LogP contribution in [0.25, 0.3) is 6.08 Å². The maximum Gasteiger partial charge on any atom is 0.573 e. The highest BCUT2D eigenvalue weighted by Crippen LogP contribution is 2.36. The van der Waals surface area contributed by atoms with E-state index in [-0.39, 0.29) is 24.3 Å². The zero-order chi connectivity index (χ0) is 28.0. The number of hydrogen-bond acceptors (Lipinski definition) is 3. The van der Waals surface area contributed by atoms with Crippen LogP contribution in [-0.4, -0.2) is 41.5 Å². The van der Waals surface area contributed by atoms with Crippen molar-refractivity contribution in [1.82, 2.24) is 4.90 Å². The van der Waals surface area contributed by atoms with Crippen LogP contribution >= 0.6 is 0 Å². The molecule has 1 fully saturated rings. The number of hydrogen-bond donors (Lipinski definition) is 0. The Labute approximate surface area is 235 Å². The molecular formula is C33H49F3N2O. The van der Waals surface area contributed by atoms with E-state index < -0.39 is 6.36 Å². The molecule has 2 aromatic rings. The standard InChI is InChI=1S/C18H27N.C14H18F3NO.CH4/c1-18(2,3)19-15-9-5-8-12-17(19)14-13-16-10-6-4-7-11-16;1-13(2,3)18-8-4-5-10-9-11(6-7-12(10)18)19-14(15,16)17;/h4,6-7,10-11,13-14,17H,5,8-9,12,15H2,1-3H3;6-7,9H,4-5,8H2,1-3H3;1H4/b14-13+;;. The second-order valence-corrected chi connectivity index (χ2v) is 12.3. The molecule has 2 aliphatic heterocycles. The van der Waals surface area contributed by atoms with Gasteiger partial charge in [-0.15, -0.1) is 13.2 Å². The molecule has 0 radical (unpaired) electrons. The number of ether oxygens (including phenoxy) is 1. The highest BCUT2D eigenvalue weighted by molar-refractivity contribution is 5.59. The predicted octanol–water partition coefficient (Wildman–Crippen LogP) is 9.52. The number of anilines is 1. The van der Waals surface area contributed by atoms with Crippen molar-refractivity contribution in [3.05, 3.63) is 65.7 Å². The van der Waals surface area contributed by atoms with Crippen molar-refractivity contribution in [1.29, 1.82) is 0 Å². The topological polar surface area (TPSA) is 15.7 Å². The van der Waals surface area contributed by atoms with Crippen LogP contribution in [0.4, 0.5) is 18.9 Å². The molecule has 1 unspecified atom stereocenters. The van der Waals surface area contributed by atoms with Crippen LogP contribution in [0.15, 0.2) is 54.6 Å². The van der Waals surface area contributed by atoms with E-state index in [9.17, 15) is 13.2 Å². The third-order valence-electron chi connectivity index (χ3n) is 7.18. The lowest BCUT2D eigenvalue weighted by molar-refractivity contribution is -0.274. The lowest BCUT2D eigenvalue weighted by Crippen LogP contribution is -2.47. The maximum absolute atomic E-state index is 12.2. The average Bonchev–Trinajstić information content (AvgIpc) is 3.07. The minimum absolute atomic E-state index is 0. The van der Waals surface area contributed by atoms with Crippen LogP contribution in [0.2, 0.25) is 0 Å². The summed E-state index contributed by atoms with van der Waals surface area (Å²) in [6, 6.07) is 15.8. The monoisotopic (exact) mass is 546 g/mol. The molecule has 3 nitrogen and oxygen atoms in total. The molecule has 2 aliphatic rings. The summed E-state index contributed by atoms with van der Waals surface area (Å²) in [6.07, 6.45) is 7.16.